The van der Waals surface area contributed by atoms with Crippen LogP contribution in [0.4, 0.5) is 0 Å². The Morgan fingerprint density at radius 1 is 1.33 bits per heavy atom. The summed E-state index contributed by atoms with van der Waals surface area (Å²) in [5, 5.41) is 15.1. The Hall–Kier alpha value is -1.36. The second-order valence-corrected chi connectivity index (χ2v) is 2.12. The highest BCUT2D eigenvalue weighted by molar-refractivity contribution is 5.33. The quantitative estimate of drug-likeness (QED) is 0.634. The second kappa shape index (κ2) is 4.50. The molecule has 0 saturated carbocycles. The minimum Gasteiger partial charge on any atom is -0.384 e. The molecule has 1 aromatic heterocycles. The van der Waals surface area contributed by atoms with E-state index in [9.17, 15) is 0 Å². The first kappa shape index (κ1) is 8.73. The lowest BCUT2D eigenvalue weighted by atomic mass is 10.4. The van der Waals surface area contributed by atoms with Crippen LogP contribution in [0, 0.1) is 0 Å². The second-order valence-electron chi connectivity index (χ2n) is 2.12. The number of rotatable bonds is 4. The van der Waals surface area contributed by atoms with E-state index in [1.165, 1.54) is 6.08 Å². The zero-order chi connectivity index (χ0) is 8.81. The molecule has 0 aliphatic carbocycles. The van der Waals surface area contributed by atoms with Gasteiger partial charge in [0.05, 0.1) is 6.61 Å². The van der Waals surface area contributed by atoms with E-state index in [0.29, 0.717) is 24.7 Å². The molecule has 1 aromatic rings. The van der Waals surface area contributed by atoms with Gasteiger partial charge in [0.2, 0.25) is 0 Å². The summed E-state index contributed by atoms with van der Waals surface area (Å²) in [4.78, 5) is 0. The van der Waals surface area contributed by atoms with E-state index in [2.05, 4.69) is 27.0 Å². The molecule has 5 heteroatoms. The Bertz CT molecular complexity index is 246. The maximum atomic E-state index is 4.85. The molecule has 1 rings (SSSR count). The van der Waals surface area contributed by atoms with Crippen LogP contribution >= 0.6 is 0 Å². The van der Waals surface area contributed by atoms with E-state index in [-0.39, 0.29) is 0 Å². The topological polar surface area (TPSA) is 60.8 Å². The fourth-order valence-corrected chi connectivity index (χ4v) is 0.633. The van der Waals surface area contributed by atoms with Gasteiger partial charge in [-0.1, -0.05) is 6.58 Å². The Morgan fingerprint density at radius 2 is 2.00 bits per heavy atom. The van der Waals surface area contributed by atoms with Crippen LogP contribution in [0.3, 0.4) is 0 Å². The third-order valence-electron chi connectivity index (χ3n) is 1.25. The van der Waals surface area contributed by atoms with Crippen LogP contribution in [-0.2, 0) is 11.2 Å². The van der Waals surface area contributed by atoms with Crippen molar-refractivity contribution in [2.24, 2.45) is 0 Å². The maximum Gasteiger partial charge on any atom is 0.195 e. The Kier molecular flexibility index (Phi) is 3.28. The van der Waals surface area contributed by atoms with Crippen molar-refractivity contribution in [1.29, 1.82) is 0 Å². The van der Waals surface area contributed by atoms with E-state index in [1.54, 1.807) is 7.11 Å². The molecule has 0 bridgehead atoms. The third kappa shape index (κ3) is 2.35. The van der Waals surface area contributed by atoms with Gasteiger partial charge in [-0.3, -0.25) is 0 Å². The number of ether oxygens (including phenoxy) is 1. The first-order valence-corrected chi connectivity index (χ1v) is 3.54. The Balaban J connectivity index is 2.58. The van der Waals surface area contributed by atoms with Gasteiger partial charge in [-0.2, -0.15) is 0 Å². The molecule has 0 amide bonds. The van der Waals surface area contributed by atoms with Crippen LogP contribution in [0.25, 0.3) is 6.08 Å². The summed E-state index contributed by atoms with van der Waals surface area (Å²) in [7, 11) is 1.62. The van der Waals surface area contributed by atoms with Crippen LogP contribution < -0.4 is 0 Å². The maximum absolute atomic E-state index is 4.85. The lowest BCUT2D eigenvalue weighted by Crippen LogP contribution is -2.05. The molecule has 0 atom stereocenters. The summed E-state index contributed by atoms with van der Waals surface area (Å²) in [5.41, 5.74) is 0. The lowest BCUT2D eigenvalue weighted by Gasteiger charge is -1.95. The van der Waals surface area contributed by atoms with E-state index in [4.69, 9.17) is 4.74 Å². The van der Waals surface area contributed by atoms with Gasteiger partial charge < -0.3 is 4.74 Å². The van der Waals surface area contributed by atoms with Crippen molar-refractivity contribution in [3.63, 3.8) is 0 Å². The lowest BCUT2D eigenvalue weighted by molar-refractivity contribution is 0.200. The molecule has 0 aromatic carbocycles. The predicted molar refractivity (Wildman–Crippen MR) is 43.3 cm³/mol. The van der Waals surface area contributed by atoms with Crippen molar-refractivity contribution in [2.75, 3.05) is 13.7 Å². The van der Waals surface area contributed by atoms with E-state index in [1.807, 2.05) is 0 Å². The summed E-state index contributed by atoms with van der Waals surface area (Å²) >= 11 is 0. The molecule has 0 unspecified atom stereocenters. The van der Waals surface area contributed by atoms with Gasteiger partial charge in [0.15, 0.2) is 11.6 Å². The van der Waals surface area contributed by atoms with Crippen LogP contribution in [0.15, 0.2) is 6.58 Å². The number of aromatic nitrogens is 4. The molecule has 64 valence electrons. The molecule has 1 heterocycles. The summed E-state index contributed by atoms with van der Waals surface area (Å²) < 4.78 is 4.85. The number of methoxy groups -OCH3 is 1. The van der Waals surface area contributed by atoms with Crippen molar-refractivity contribution < 1.29 is 4.74 Å². The molecule has 0 aliphatic rings. The molecule has 12 heavy (non-hydrogen) atoms. The monoisotopic (exact) mass is 166 g/mol. The Labute approximate surface area is 70.5 Å². The number of nitrogens with zero attached hydrogens (tertiary/aromatic N) is 4. The van der Waals surface area contributed by atoms with Crippen LogP contribution in [-0.4, -0.2) is 34.1 Å². The van der Waals surface area contributed by atoms with Crippen molar-refractivity contribution in [1.82, 2.24) is 20.4 Å². The van der Waals surface area contributed by atoms with E-state index < -0.39 is 0 Å². The largest absolute Gasteiger partial charge is 0.384 e. The van der Waals surface area contributed by atoms with Gasteiger partial charge >= 0.3 is 0 Å². The summed E-state index contributed by atoms with van der Waals surface area (Å²) in [6.07, 6.45) is 2.13. The first-order chi connectivity index (χ1) is 5.86. The first-order valence-electron chi connectivity index (χ1n) is 3.54. The molecule has 0 aliphatic heterocycles. The van der Waals surface area contributed by atoms with Gasteiger partial charge in [0, 0.05) is 13.5 Å². The van der Waals surface area contributed by atoms with Crippen LogP contribution in [0.5, 0.6) is 0 Å². The molecule has 5 nitrogen and oxygen atoms in total. The van der Waals surface area contributed by atoms with Crippen molar-refractivity contribution >= 4 is 6.08 Å². The van der Waals surface area contributed by atoms with Gasteiger partial charge in [0.1, 0.15) is 0 Å². The SMILES string of the molecule is C=Cc1nnc(CCOC)nn1. The molecular weight excluding hydrogens is 156 g/mol. The third-order valence-corrected chi connectivity index (χ3v) is 1.25. The summed E-state index contributed by atoms with van der Waals surface area (Å²) in [5.74, 6) is 1.03. The minimum absolute atomic E-state index is 0.441. The molecule has 0 N–H and O–H groups in total. The van der Waals surface area contributed by atoms with Gasteiger partial charge in [-0.05, 0) is 6.08 Å². The molecular formula is C7H10N4O. The average Bonchev–Trinajstić information content (AvgIpc) is 2.15. The minimum atomic E-state index is 0.441. The fraction of sp³-hybridized carbons (Fsp3) is 0.429. The number of hydrogen-bond acceptors (Lipinski definition) is 5. The number of hydrogen-bond donors (Lipinski definition) is 0. The Morgan fingerprint density at radius 3 is 2.50 bits per heavy atom. The summed E-state index contributed by atoms with van der Waals surface area (Å²) in [6, 6.07) is 0. The molecule has 0 radical (unpaired) electrons. The average molecular weight is 166 g/mol. The highest BCUT2D eigenvalue weighted by atomic mass is 16.5. The fourth-order valence-electron chi connectivity index (χ4n) is 0.633. The predicted octanol–water partition coefficient (Wildman–Crippen LogP) is 0.0985. The highest BCUT2D eigenvalue weighted by Gasteiger charge is 1.97. The van der Waals surface area contributed by atoms with E-state index >= 15 is 0 Å². The summed E-state index contributed by atoms with van der Waals surface area (Å²) in [6.45, 7) is 4.07. The van der Waals surface area contributed by atoms with Crippen LogP contribution in [0.2, 0.25) is 0 Å². The van der Waals surface area contributed by atoms with Crippen molar-refractivity contribution in [3.05, 3.63) is 18.2 Å². The molecule has 0 spiro atoms. The van der Waals surface area contributed by atoms with Gasteiger partial charge in [-0.15, -0.1) is 20.4 Å². The van der Waals surface area contributed by atoms with Crippen molar-refractivity contribution in [3.8, 4) is 0 Å². The van der Waals surface area contributed by atoms with Gasteiger partial charge in [-0.25, -0.2) is 0 Å². The molecule has 0 fully saturated rings. The molecule has 0 saturated heterocycles. The van der Waals surface area contributed by atoms with Gasteiger partial charge in [0.25, 0.3) is 0 Å². The standard InChI is InChI=1S/C7H10N4O/c1-3-6-8-10-7(11-9-6)4-5-12-2/h3H,1,4-5H2,2H3. The zero-order valence-electron chi connectivity index (χ0n) is 6.90. The van der Waals surface area contributed by atoms with Crippen molar-refractivity contribution in [2.45, 2.75) is 6.42 Å². The smallest absolute Gasteiger partial charge is 0.195 e. The zero-order valence-corrected chi connectivity index (χ0v) is 6.90. The normalized spacial score (nSPS) is 9.75. The van der Waals surface area contributed by atoms with Crippen LogP contribution in [0.1, 0.15) is 11.6 Å². The highest BCUT2D eigenvalue weighted by Crippen LogP contribution is 1.89. The van der Waals surface area contributed by atoms with E-state index in [0.717, 1.165) is 0 Å².